The Bertz CT molecular complexity index is 515. The van der Waals surface area contributed by atoms with E-state index in [0.717, 1.165) is 49.3 Å². The van der Waals surface area contributed by atoms with Gasteiger partial charge in [0.1, 0.15) is 0 Å². The van der Waals surface area contributed by atoms with Crippen LogP contribution in [0.4, 0.5) is 0 Å². The highest BCUT2D eigenvalue weighted by Gasteiger charge is 2.25. The predicted octanol–water partition coefficient (Wildman–Crippen LogP) is 3.14. The molecule has 0 spiro atoms. The van der Waals surface area contributed by atoms with Crippen molar-refractivity contribution in [1.82, 2.24) is 4.90 Å². The molecule has 4 nitrogen and oxygen atoms in total. The molecule has 114 valence electrons. The average Bonchev–Trinajstić information content (AvgIpc) is 3.01. The van der Waals surface area contributed by atoms with Crippen molar-refractivity contribution in [2.45, 2.75) is 51.5 Å². The SMILES string of the molecule is CCC1CCCCN1C(=O)CCc1cccc2c1OCO2. The van der Waals surface area contributed by atoms with E-state index in [1.54, 1.807) is 0 Å². The van der Waals surface area contributed by atoms with E-state index < -0.39 is 0 Å². The smallest absolute Gasteiger partial charge is 0.231 e. The van der Waals surface area contributed by atoms with Crippen molar-refractivity contribution in [3.63, 3.8) is 0 Å². The molecule has 0 radical (unpaired) electrons. The molecule has 2 aliphatic rings. The fourth-order valence-electron chi connectivity index (χ4n) is 3.33. The normalized spacial score (nSPS) is 20.6. The molecule has 4 heteroatoms. The van der Waals surface area contributed by atoms with Gasteiger partial charge < -0.3 is 14.4 Å². The molecule has 0 aromatic heterocycles. The molecular formula is C17H23NO3. The van der Waals surface area contributed by atoms with Crippen LogP contribution in [-0.4, -0.2) is 30.2 Å². The zero-order valence-electron chi connectivity index (χ0n) is 12.6. The molecule has 1 aromatic rings. The molecular weight excluding hydrogens is 266 g/mol. The number of aryl methyl sites for hydroxylation is 1. The van der Waals surface area contributed by atoms with Crippen molar-refractivity contribution in [1.29, 1.82) is 0 Å². The maximum absolute atomic E-state index is 12.5. The summed E-state index contributed by atoms with van der Waals surface area (Å²) in [6.07, 6.45) is 5.87. The summed E-state index contributed by atoms with van der Waals surface area (Å²) in [4.78, 5) is 14.6. The molecule has 0 aliphatic carbocycles. The molecule has 0 bridgehead atoms. The Labute approximate surface area is 126 Å². The molecule has 1 fully saturated rings. The molecule has 1 atom stereocenters. The van der Waals surface area contributed by atoms with Crippen molar-refractivity contribution in [3.8, 4) is 11.5 Å². The van der Waals surface area contributed by atoms with Gasteiger partial charge in [-0.3, -0.25) is 4.79 Å². The maximum atomic E-state index is 12.5. The zero-order chi connectivity index (χ0) is 14.7. The lowest BCUT2D eigenvalue weighted by Gasteiger charge is -2.35. The Morgan fingerprint density at radius 2 is 2.24 bits per heavy atom. The van der Waals surface area contributed by atoms with Crippen LogP contribution in [0.15, 0.2) is 18.2 Å². The summed E-state index contributed by atoms with van der Waals surface area (Å²) in [7, 11) is 0. The van der Waals surface area contributed by atoms with Crippen LogP contribution >= 0.6 is 0 Å². The summed E-state index contributed by atoms with van der Waals surface area (Å²) in [6, 6.07) is 6.33. The lowest BCUT2D eigenvalue weighted by molar-refractivity contribution is -0.134. The molecule has 1 unspecified atom stereocenters. The highest BCUT2D eigenvalue weighted by atomic mass is 16.7. The van der Waals surface area contributed by atoms with Crippen molar-refractivity contribution in [2.24, 2.45) is 0 Å². The number of amides is 1. The summed E-state index contributed by atoms with van der Waals surface area (Å²) in [5.41, 5.74) is 1.07. The van der Waals surface area contributed by atoms with Crippen molar-refractivity contribution in [2.75, 3.05) is 13.3 Å². The minimum atomic E-state index is 0.276. The van der Waals surface area contributed by atoms with E-state index in [9.17, 15) is 4.79 Å². The van der Waals surface area contributed by atoms with Gasteiger partial charge in [0.2, 0.25) is 12.7 Å². The second kappa shape index (κ2) is 6.37. The predicted molar refractivity (Wildman–Crippen MR) is 80.5 cm³/mol. The zero-order valence-corrected chi connectivity index (χ0v) is 12.6. The lowest BCUT2D eigenvalue weighted by Crippen LogP contribution is -2.43. The molecule has 1 saturated heterocycles. The fourth-order valence-corrected chi connectivity index (χ4v) is 3.33. The lowest BCUT2D eigenvalue weighted by atomic mass is 9.99. The van der Waals surface area contributed by atoms with Gasteiger partial charge in [0.25, 0.3) is 0 Å². The molecule has 1 aromatic carbocycles. The number of likely N-dealkylation sites (tertiary alicyclic amines) is 1. The second-order valence-corrected chi connectivity index (χ2v) is 5.80. The van der Waals surface area contributed by atoms with Crippen LogP contribution in [0.5, 0.6) is 11.5 Å². The van der Waals surface area contributed by atoms with Gasteiger partial charge in [-0.05, 0) is 43.7 Å². The Balaban J connectivity index is 1.62. The van der Waals surface area contributed by atoms with Gasteiger partial charge in [0, 0.05) is 19.0 Å². The summed E-state index contributed by atoms with van der Waals surface area (Å²) < 4.78 is 10.9. The number of hydrogen-bond donors (Lipinski definition) is 0. The quantitative estimate of drug-likeness (QED) is 0.854. The number of carbonyl (C=O) groups excluding carboxylic acids is 1. The third kappa shape index (κ3) is 2.99. The number of piperidine rings is 1. The van der Waals surface area contributed by atoms with E-state index in [2.05, 4.69) is 11.8 Å². The van der Waals surface area contributed by atoms with Crippen molar-refractivity contribution in [3.05, 3.63) is 23.8 Å². The number of ether oxygens (including phenoxy) is 2. The Morgan fingerprint density at radius 1 is 1.33 bits per heavy atom. The minimum Gasteiger partial charge on any atom is -0.454 e. The van der Waals surface area contributed by atoms with Crippen LogP contribution in [0.1, 0.15) is 44.6 Å². The van der Waals surface area contributed by atoms with Crippen LogP contribution in [0, 0.1) is 0 Å². The number of fused-ring (bicyclic) bond motifs is 1. The largest absolute Gasteiger partial charge is 0.454 e. The summed E-state index contributed by atoms with van der Waals surface area (Å²) in [5, 5.41) is 0. The van der Waals surface area contributed by atoms with Crippen LogP contribution in [-0.2, 0) is 11.2 Å². The van der Waals surface area contributed by atoms with Gasteiger partial charge in [0.05, 0.1) is 0 Å². The average molecular weight is 289 g/mol. The second-order valence-electron chi connectivity index (χ2n) is 5.80. The number of nitrogens with zero attached hydrogens (tertiary/aromatic N) is 1. The first kappa shape index (κ1) is 14.2. The molecule has 1 amide bonds. The molecule has 3 rings (SSSR count). The van der Waals surface area contributed by atoms with Gasteiger partial charge in [0.15, 0.2) is 11.5 Å². The molecule has 2 heterocycles. The Kier molecular flexibility index (Phi) is 4.32. The van der Waals surface area contributed by atoms with Crippen LogP contribution in [0.3, 0.4) is 0 Å². The highest BCUT2D eigenvalue weighted by Crippen LogP contribution is 2.36. The van der Waals surface area contributed by atoms with Gasteiger partial charge in [-0.2, -0.15) is 0 Å². The number of benzene rings is 1. The van der Waals surface area contributed by atoms with Gasteiger partial charge >= 0.3 is 0 Å². The van der Waals surface area contributed by atoms with Gasteiger partial charge in [-0.15, -0.1) is 0 Å². The molecule has 2 aliphatic heterocycles. The van der Waals surface area contributed by atoms with Crippen molar-refractivity contribution >= 4 is 5.91 Å². The van der Waals surface area contributed by atoms with E-state index in [1.807, 2.05) is 18.2 Å². The van der Waals surface area contributed by atoms with Crippen molar-refractivity contribution < 1.29 is 14.3 Å². The Morgan fingerprint density at radius 3 is 3.10 bits per heavy atom. The first-order valence-electron chi connectivity index (χ1n) is 7.96. The fraction of sp³-hybridized carbons (Fsp3) is 0.588. The number of para-hydroxylation sites is 1. The van der Waals surface area contributed by atoms with E-state index in [-0.39, 0.29) is 12.7 Å². The molecule has 0 N–H and O–H groups in total. The standard InChI is InChI=1S/C17H23NO3/c1-2-14-7-3-4-11-18(14)16(19)10-9-13-6-5-8-15-17(13)21-12-20-15/h5-6,8,14H,2-4,7,9-12H2,1H3. The number of hydrogen-bond acceptors (Lipinski definition) is 3. The van der Waals surface area contributed by atoms with E-state index >= 15 is 0 Å². The highest BCUT2D eigenvalue weighted by molar-refractivity contribution is 5.77. The summed E-state index contributed by atoms with van der Waals surface area (Å²) in [6.45, 7) is 3.37. The maximum Gasteiger partial charge on any atom is 0.231 e. The number of rotatable bonds is 4. The third-order valence-electron chi connectivity index (χ3n) is 4.51. The first-order chi connectivity index (χ1) is 10.3. The first-order valence-corrected chi connectivity index (χ1v) is 7.96. The van der Waals surface area contributed by atoms with Gasteiger partial charge in [-0.1, -0.05) is 19.1 Å². The topological polar surface area (TPSA) is 38.8 Å². The van der Waals surface area contributed by atoms with Crippen LogP contribution < -0.4 is 9.47 Å². The van der Waals surface area contributed by atoms with Gasteiger partial charge in [-0.25, -0.2) is 0 Å². The summed E-state index contributed by atoms with van der Waals surface area (Å²) in [5.74, 6) is 1.89. The van der Waals surface area contributed by atoms with Crippen LogP contribution in [0.2, 0.25) is 0 Å². The third-order valence-corrected chi connectivity index (χ3v) is 4.51. The minimum absolute atomic E-state index is 0.276. The van der Waals surface area contributed by atoms with E-state index in [4.69, 9.17) is 9.47 Å². The Hall–Kier alpha value is -1.71. The summed E-state index contributed by atoms with van der Waals surface area (Å²) >= 11 is 0. The molecule has 0 saturated carbocycles. The van der Waals surface area contributed by atoms with E-state index in [1.165, 1.54) is 6.42 Å². The monoisotopic (exact) mass is 289 g/mol. The number of carbonyl (C=O) groups is 1. The van der Waals surface area contributed by atoms with E-state index in [0.29, 0.717) is 12.5 Å². The molecule has 21 heavy (non-hydrogen) atoms. The van der Waals surface area contributed by atoms with Crippen LogP contribution in [0.25, 0.3) is 0 Å².